The lowest BCUT2D eigenvalue weighted by molar-refractivity contribution is -0.149. The first-order chi connectivity index (χ1) is 16.0. The first kappa shape index (κ1) is 22.9. The first-order valence-corrected chi connectivity index (χ1v) is 11.9. The van der Waals surface area contributed by atoms with Crippen LogP contribution in [0.5, 0.6) is 11.5 Å². The van der Waals surface area contributed by atoms with E-state index in [2.05, 4.69) is 19.2 Å². The molecule has 2 atom stereocenters. The van der Waals surface area contributed by atoms with Gasteiger partial charge in [-0.1, -0.05) is 32.0 Å². The Kier molecular flexibility index (Phi) is 7.34. The van der Waals surface area contributed by atoms with Crippen LogP contribution >= 0.6 is 11.3 Å². The third-order valence-corrected chi connectivity index (χ3v) is 6.29. The maximum absolute atomic E-state index is 13.8. The molecule has 0 radical (unpaired) electrons. The van der Waals surface area contributed by atoms with E-state index in [-0.39, 0.29) is 25.0 Å². The zero-order valence-electron chi connectivity index (χ0n) is 18.7. The molecule has 0 aliphatic carbocycles. The molecule has 0 fully saturated rings. The number of rotatable bonds is 9. The van der Waals surface area contributed by atoms with Crippen LogP contribution in [-0.2, 0) is 16.1 Å². The molecule has 4 rings (SSSR count). The van der Waals surface area contributed by atoms with Crippen molar-refractivity contribution in [2.45, 2.75) is 39.0 Å². The number of hydrogen-bond donors (Lipinski definition) is 1. The van der Waals surface area contributed by atoms with E-state index in [9.17, 15) is 9.59 Å². The minimum atomic E-state index is -0.874. The first-order valence-electron chi connectivity index (χ1n) is 11.1. The van der Waals surface area contributed by atoms with Crippen LogP contribution in [0.4, 0.5) is 0 Å². The van der Waals surface area contributed by atoms with Crippen LogP contribution in [0.1, 0.15) is 36.9 Å². The van der Waals surface area contributed by atoms with Crippen LogP contribution in [0.3, 0.4) is 0 Å². The van der Waals surface area contributed by atoms with Crippen LogP contribution in [-0.4, -0.2) is 36.0 Å². The fourth-order valence-electron chi connectivity index (χ4n) is 3.64. The Morgan fingerprint density at radius 2 is 1.94 bits per heavy atom. The van der Waals surface area contributed by atoms with Gasteiger partial charge in [0.25, 0.3) is 5.91 Å². The Morgan fingerprint density at radius 1 is 1.12 bits per heavy atom. The highest BCUT2D eigenvalue weighted by atomic mass is 32.1. The Balaban J connectivity index is 1.62. The zero-order chi connectivity index (χ0) is 23.2. The number of hydrogen-bond acceptors (Lipinski definition) is 6. The molecule has 2 aromatic heterocycles. The lowest BCUT2D eigenvalue weighted by Crippen LogP contribution is -2.50. The second kappa shape index (κ2) is 10.6. The number of furan rings is 1. The number of fused-ring (bicyclic) bond motifs is 1. The van der Waals surface area contributed by atoms with Crippen LogP contribution in [0.2, 0.25) is 0 Å². The number of nitrogens with zero attached hydrogens (tertiary/aromatic N) is 1. The Hall–Kier alpha value is -3.26. The van der Waals surface area contributed by atoms with E-state index in [0.717, 1.165) is 11.3 Å². The topological polar surface area (TPSA) is 81.0 Å². The number of thiophene rings is 1. The third-order valence-electron chi connectivity index (χ3n) is 5.37. The molecule has 0 spiro atoms. The normalized spacial score (nSPS) is 15.8. The SMILES string of the molecule is CC(C)CCNC(=O)[C@H](c1cccs1)N(Cc1ccco1)C(=O)[C@H]1COc2ccccc2O1. The summed E-state index contributed by atoms with van der Waals surface area (Å²) in [5.74, 6) is 1.58. The summed E-state index contributed by atoms with van der Waals surface area (Å²) >= 11 is 1.44. The lowest BCUT2D eigenvalue weighted by atomic mass is 10.1. The van der Waals surface area contributed by atoms with Gasteiger partial charge in [-0.15, -0.1) is 11.3 Å². The molecule has 2 amide bonds. The fraction of sp³-hybridized carbons (Fsp3) is 0.360. The summed E-state index contributed by atoms with van der Waals surface area (Å²) < 4.78 is 17.3. The standard InChI is InChI=1S/C25H28N2O5S/c1-17(2)11-12-26-24(28)23(22-10-6-14-33-22)27(15-18-7-5-13-30-18)25(29)21-16-31-19-8-3-4-9-20(19)32-21/h3-10,13-14,17,21,23H,11-12,15-16H2,1-2H3,(H,26,28)/t21-,23+/m1/s1. The Morgan fingerprint density at radius 3 is 2.64 bits per heavy atom. The molecule has 3 aromatic rings. The zero-order valence-corrected chi connectivity index (χ0v) is 19.5. The monoisotopic (exact) mass is 468 g/mol. The molecule has 174 valence electrons. The average Bonchev–Trinajstić information content (AvgIpc) is 3.52. The summed E-state index contributed by atoms with van der Waals surface area (Å²) in [6.45, 7) is 4.95. The molecule has 3 heterocycles. The van der Waals surface area contributed by atoms with Gasteiger partial charge in [-0.25, -0.2) is 0 Å². The van der Waals surface area contributed by atoms with Gasteiger partial charge >= 0.3 is 0 Å². The molecule has 1 aliphatic rings. The Bertz CT molecular complexity index is 1050. The van der Waals surface area contributed by atoms with Crippen molar-refractivity contribution in [1.29, 1.82) is 0 Å². The van der Waals surface area contributed by atoms with Crippen molar-refractivity contribution in [3.05, 3.63) is 70.8 Å². The third kappa shape index (κ3) is 5.57. The minimum absolute atomic E-state index is 0.0661. The van der Waals surface area contributed by atoms with E-state index in [1.54, 1.807) is 30.5 Å². The Labute approximate surface area is 197 Å². The maximum Gasteiger partial charge on any atom is 0.268 e. The summed E-state index contributed by atoms with van der Waals surface area (Å²) in [7, 11) is 0. The molecular weight excluding hydrogens is 440 g/mol. The van der Waals surface area contributed by atoms with Crippen LogP contribution in [0.25, 0.3) is 0 Å². The highest BCUT2D eigenvalue weighted by molar-refractivity contribution is 7.10. The van der Waals surface area contributed by atoms with Crippen molar-refractivity contribution < 1.29 is 23.5 Å². The molecule has 33 heavy (non-hydrogen) atoms. The van der Waals surface area contributed by atoms with Gasteiger partial charge in [0.2, 0.25) is 12.0 Å². The number of carbonyl (C=O) groups excluding carboxylic acids is 2. The van der Waals surface area contributed by atoms with Crippen LogP contribution in [0.15, 0.2) is 64.6 Å². The van der Waals surface area contributed by atoms with E-state index >= 15 is 0 Å². The van der Waals surface area contributed by atoms with Gasteiger partial charge in [0.15, 0.2) is 11.5 Å². The molecule has 0 saturated carbocycles. The van der Waals surface area contributed by atoms with Crippen molar-refractivity contribution >= 4 is 23.2 Å². The average molecular weight is 469 g/mol. The molecule has 0 bridgehead atoms. The van der Waals surface area contributed by atoms with E-state index in [1.165, 1.54) is 16.2 Å². The van der Waals surface area contributed by atoms with Gasteiger partial charge in [-0.05, 0) is 48.1 Å². The van der Waals surface area contributed by atoms with Gasteiger partial charge < -0.3 is 24.1 Å². The smallest absolute Gasteiger partial charge is 0.268 e. The van der Waals surface area contributed by atoms with Crippen molar-refractivity contribution in [2.75, 3.05) is 13.2 Å². The predicted octanol–water partition coefficient (Wildman–Crippen LogP) is 4.41. The number of benzene rings is 1. The number of para-hydroxylation sites is 2. The second-order valence-electron chi connectivity index (χ2n) is 8.30. The molecule has 8 heteroatoms. The summed E-state index contributed by atoms with van der Waals surface area (Å²) in [6.07, 6.45) is 1.53. The molecule has 1 aromatic carbocycles. The van der Waals surface area contributed by atoms with Crippen molar-refractivity contribution in [3.63, 3.8) is 0 Å². The summed E-state index contributed by atoms with van der Waals surface area (Å²) in [6, 6.07) is 13.7. The quantitative estimate of drug-likeness (QED) is 0.503. The molecular formula is C25H28N2O5S. The summed E-state index contributed by atoms with van der Waals surface area (Å²) in [5, 5.41) is 4.91. The van der Waals surface area contributed by atoms with Gasteiger partial charge in [-0.3, -0.25) is 9.59 Å². The van der Waals surface area contributed by atoms with E-state index in [1.807, 2.05) is 29.6 Å². The number of ether oxygens (including phenoxy) is 2. The van der Waals surface area contributed by atoms with Crippen molar-refractivity contribution in [1.82, 2.24) is 10.2 Å². The van der Waals surface area contributed by atoms with Crippen molar-refractivity contribution in [3.8, 4) is 11.5 Å². The van der Waals surface area contributed by atoms with Crippen LogP contribution in [0, 0.1) is 5.92 Å². The molecule has 1 N–H and O–H groups in total. The maximum atomic E-state index is 13.8. The number of nitrogens with one attached hydrogen (secondary N) is 1. The van der Waals surface area contributed by atoms with Crippen LogP contribution < -0.4 is 14.8 Å². The van der Waals surface area contributed by atoms with E-state index < -0.39 is 12.1 Å². The lowest BCUT2D eigenvalue weighted by Gasteiger charge is -2.34. The number of amides is 2. The minimum Gasteiger partial charge on any atom is -0.485 e. The molecule has 1 aliphatic heterocycles. The molecule has 0 unspecified atom stereocenters. The summed E-state index contributed by atoms with van der Waals surface area (Å²) in [5.41, 5.74) is 0. The van der Waals surface area contributed by atoms with Gasteiger partial charge in [0.05, 0.1) is 12.8 Å². The molecule has 0 saturated heterocycles. The number of carbonyl (C=O) groups is 2. The highest BCUT2D eigenvalue weighted by Crippen LogP contribution is 2.33. The van der Waals surface area contributed by atoms with Gasteiger partial charge in [-0.2, -0.15) is 0 Å². The van der Waals surface area contributed by atoms with E-state index in [4.69, 9.17) is 13.9 Å². The van der Waals surface area contributed by atoms with E-state index in [0.29, 0.717) is 29.7 Å². The summed E-state index contributed by atoms with van der Waals surface area (Å²) in [4.78, 5) is 29.4. The second-order valence-corrected chi connectivity index (χ2v) is 9.28. The van der Waals surface area contributed by atoms with Crippen molar-refractivity contribution in [2.24, 2.45) is 5.92 Å². The largest absolute Gasteiger partial charge is 0.485 e. The highest BCUT2D eigenvalue weighted by Gasteiger charge is 2.39. The predicted molar refractivity (Wildman–Crippen MR) is 125 cm³/mol. The fourth-order valence-corrected chi connectivity index (χ4v) is 4.48. The molecule has 7 nitrogen and oxygen atoms in total. The van der Waals surface area contributed by atoms with Gasteiger partial charge in [0.1, 0.15) is 18.4 Å². The van der Waals surface area contributed by atoms with Gasteiger partial charge in [0, 0.05) is 11.4 Å².